The quantitative estimate of drug-likeness (QED) is 0.657. The molecule has 0 spiro atoms. The van der Waals surface area contributed by atoms with Gasteiger partial charge in [-0.1, -0.05) is 0 Å². The van der Waals surface area contributed by atoms with Gasteiger partial charge in [-0.2, -0.15) is 0 Å². The van der Waals surface area contributed by atoms with Crippen LogP contribution in [-0.4, -0.2) is 23.9 Å². The molecule has 0 aliphatic rings. The van der Waals surface area contributed by atoms with Crippen molar-refractivity contribution < 1.29 is 19.1 Å². The van der Waals surface area contributed by atoms with Crippen LogP contribution in [0.1, 0.15) is 27.2 Å². The number of carbonyl (C=O) groups is 3. The van der Waals surface area contributed by atoms with Gasteiger partial charge < -0.3 is 4.74 Å². The summed E-state index contributed by atoms with van der Waals surface area (Å²) in [4.78, 5) is 32.0. The highest BCUT2D eigenvalue weighted by molar-refractivity contribution is 6.02. The molecule has 0 bridgehead atoms. The molecule has 0 aromatic carbocycles. The van der Waals surface area contributed by atoms with Crippen molar-refractivity contribution >= 4 is 17.8 Å². The fourth-order valence-electron chi connectivity index (χ4n) is 0.628. The van der Waals surface area contributed by atoms with Crippen molar-refractivity contribution in [2.75, 3.05) is 0 Å². The zero-order chi connectivity index (χ0) is 10.4. The largest absolute Gasteiger partial charge is 0.447 e. The molecule has 0 aromatic heterocycles. The zero-order valence-electron chi connectivity index (χ0n) is 7.92. The molecule has 0 heterocycles. The van der Waals surface area contributed by atoms with Crippen LogP contribution in [0.25, 0.3) is 0 Å². The summed E-state index contributed by atoms with van der Waals surface area (Å²) in [5, 5.41) is 1.92. The van der Waals surface area contributed by atoms with Gasteiger partial charge in [0.2, 0.25) is 5.91 Å². The third kappa shape index (κ3) is 6.99. The van der Waals surface area contributed by atoms with Crippen molar-refractivity contribution in [2.45, 2.75) is 33.3 Å². The predicted octanol–water partition coefficient (Wildman–Crippen LogP) is 0.627. The van der Waals surface area contributed by atoms with E-state index >= 15 is 0 Å². The Morgan fingerprint density at radius 1 is 1.31 bits per heavy atom. The van der Waals surface area contributed by atoms with Gasteiger partial charge in [0.05, 0.1) is 12.5 Å². The minimum atomic E-state index is -0.818. The smallest absolute Gasteiger partial charge is 0.414 e. The van der Waals surface area contributed by atoms with E-state index in [0.29, 0.717) is 0 Å². The third-order valence-corrected chi connectivity index (χ3v) is 0.994. The first kappa shape index (κ1) is 11.6. The number of hydrogen-bond acceptors (Lipinski definition) is 4. The van der Waals surface area contributed by atoms with Crippen LogP contribution >= 0.6 is 0 Å². The van der Waals surface area contributed by atoms with E-state index in [-0.39, 0.29) is 18.3 Å². The van der Waals surface area contributed by atoms with E-state index in [1.54, 1.807) is 13.8 Å². The number of alkyl carbamates (subject to hydrolysis) is 1. The summed E-state index contributed by atoms with van der Waals surface area (Å²) >= 11 is 0. The van der Waals surface area contributed by atoms with Gasteiger partial charge >= 0.3 is 6.09 Å². The van der Waals surface area contributed by atoms with Crippen molar-refractivity contribution in [2.24, 2.45) is 0 Å². The highest BCUT2D eigenvalue weighted by Gasteiger charge is 2.11. The number of carbonyl (C=O) groups excluding carboxylic acids is 3. The average Bonchev–Trinajstić information content (AvgIpc) is 1.80. The lowest BCUT2D eigenvalue weighted by Gasteiger charge is -2.07. The maximum absolute atomic E-state index is 10.8. The second-order valence-electron chi connectivity index (χ2n) is 2.88. The fourth-order valence-corrected chi connectivity index (χ4v) is 0.628. The lowest BCUT2D eigenvalue weighted by Crippen LogP contribution is -2.33. The zero-order valence-corrected chi connectivity index (χ0v) is 7.92. The van der Waals surface area contributed by atoms with Crippen LogP contribution < -0.4 is 5.32 Å². The van der Waals surface area contributed by atoms with Gasteiger partial charge in [-0.15, -0.1) is 0 Å². The van der Waals surface area contributed by atoms with Crippen LogP contribution in [0.5, 0.6) is 0 Å². The highest BCUT2D eigenvalue weighted by atomic mass is 16.6. The van der Waals surface area contributed by atoms with Gasteiger partial charge in [0.1, 0.15) is 5.78 Å². The standard InChI is InChI=1S/C8H13NO4/c1-5(2)13-8(12)9-7(11)4-6(3)10/h5H,4H2,1-3H3,(H,9,11,12). The van der Waals surface area contributed by atoms with Crippen LogP contribution in [0.4, 0.5) is 4.79 Å². The number of ketones is 1. The van der Waals surface area contributed by atoms with Gasteiger partial charge in [-0.25, -0.2) is 4.79 Å². The normalized spacial score (nSPS) is 9.54. The van der Waals surface area contributed by atoms with Crippen molar-refractivity contribution in [3.05, 3.63) is 0 Å². The summed E-state index contributed by atoms with van der Waals surface area (Å²) in [5.74, 6) is -0.937. The SMILES string of the molecule is CC(=O)CC(=O)NC(=O)OC(C)C. The first-order valence-electron chi connectivity index (χ1n) is 3.91. The molecule has 0 aliphatic heterocycles. The Balaban J connectivity index is 3.79. The Kier molecular flexibility index (Phi) is 4.72. The summed E-state index contributed by atoms with van der Waals surface area (Å²) in [6.07, 6.45) is -1.40. The molecule has 74 valence electrons. The van der Waals surface area contributed by atoms with Crippen molar-refractivity contribution in [3.8, 4) is 0 Å². The maximum Gasteiger partial charge on any atom is 0.414 e. The number of hydrogen-bond donors (Lipinski definition) is 1. The third-order valence-electron chi connectivity index (χ3n) is 0.994. The second-order valence-corrected chi connectivity index (χ2v) is 2.88. The molecule has 5 heteroatoms. The lowest BCUT2D eigenvalue weighted by molar-refractivity contribution is -0.126. The predicted molar refractivity (Wildman–Crippen MR) is 45.1 cm³/mol. The van der Waals surface area contributed by atoms with Gasteiger partial charge in [-0.05, 0) is 20.8 Å². The molecule has 5 nitrogen and oxygen atoms in total. The van der Waals surface area contributed by atoms with Crippen LogP contribution in [0, 0.1) is 0 Å². The number of nitrogens with one attached hydrogen (secondary N) is 1. The van der Waals surface area contributed by atoms with E-state index in [1.807, 2.05) is 5.32 Å². The number of ether oxygens (including phenoxy) is 1. The van der Waals surface area contributed by atoms with Crippen LogP contribution in [0.2, 0.25) is 0 Å². The van der Waals surface area contributed by atoms with E-state index in [1.165, 1.54) is 6.92 Å². The van der Waals surface area contributed by atoms with E-state index in [0.717, 1.165) is 0 Å². The summed E-state index contributed by atoms with van der Waals surface area (Å²) in [6, 6.07) is 0. The van der Waals surface area contributed by atoms with Crippen LogP contribution in [0.3, 0.4) is 0 Å². The van der Waals surface area contributed by atoms with Gasteiger partial charge in [0.15, 0.2) is 0 Å². The molecule has 0 saturated carbocycles. The summed E-state index contributed by atoms with van der Waals surface area (Å²) < 4.78 is 4.62. The maximum atomic E-state index is 10.8. The van der Waals surface area contributed by atoms with Crippen molar-refractivity contribution in [1.82, 2.24) is 5.32 Å². The molecule has 2 amide bonds. The highest BCUT2D eigenvalue weighted by Crippen LogP contribution is 1.89. The topological polar surface area (TPSA) is 72.5 Å². The number of rotatable bonds is 3. The molecular formula is C8H13NO4. The number of imide groups is 1. The van der Waals surface area contributed by atoms with E-state index in [4.69, 9.17) is 0 Å². The van der Waals surface area contributed by atoms with Crippen molar-refractivity contribution in [3.63, 3.8) is 0 Å². The van der Waals surface area contributed by atoms with Crippen molar-refractivity contribution in [1.29, 1.82) is 0 Å². The van der Waals surface area contributed by atoms with E-state index < -0.39 is 12.0 Å². The molecule has 0 unspecified atom stereocenters. The summed E-state index contributed by atoms with van der Waals surface area (Å²) in [7, 11) is 0. The fraction of sp³-hybridized carbons (Fsp3) is 0.625. The first-order valence-corrected chi connectivity index (χ1v) is 3.91. The van der Waals surface area contributed by atoms with E-state index in [9.17, 15) is 14.4 Å². The second kappa shape index (κ2) is 5.29. The minimum Gasteiger partial charge on any atom is -0.447 e. The Morgan fingerprint density at radius 2 is 1.85 bits per heavy atom. The Labute approximate surface area is 76.4 Å². The minimum absolute atomic E-state index is 0.287. The molecule has 0 rings (SSSR count). The van der Waals surface area contributed by atoms with Crippen LogP contribution in [0.15, 0.2) is 0 Å². The first-order chi connectivity index (χ1) is 5.91. The molecule has 0 atom stereocenters. The molecule has 0 aromatic rings. The molecule has 0 fully saturated rings. The number of amides is 2. The van der Waals surface area contributed by atoms with Crippen LogP contribution in [-0.2, 0) is 14.3 Å². The molecule has 13 heavy (non-hydrogen) atoms. The van der Waals surface area contributed by atoms with Gasteiger partial charge in [0, 0.05) is 0 Å². The van der Waals surface area contributed by atoms with Gasteiger partial charge in [-0.3, -0.25) is 14.9 Å². The molecule has 0 aliphatic carbocycles. The Bertz CT molecular complexity index is 222. The summed E-state index contributed by atoms with van der Waals surface area (Å²) in [5.41, 5.74) is 0. The molecule has 1 N–H and O–H groups in total. The Hall–Kier alpha value is -1.39. The molecule has 0 saturated heterocycles. The lowest BCUT2D eigenvalue weighted by atomic mass is 10.3. The van der Waals surface area contributed by atoms with Gasteiger partial charge in [0.25, 0.3) is 0 Å². The average molecular weight is 187 g/mol. The molecule has 0 radical (unpaired) electrons. The number of Topliss-reactive ketones (excluding diaryl/α,β-unsaturated/α-hetero) is 1. The summed E-state index contributed by atoms with van der Waals surface area (Å²) in [6.45, 7) is 4.59. The monoisotopic (exact) mass is 187 g/mol. The van der Waals surface area contributed by atoms with E-state index in [2.05, 4.69) is 4.74 Å². The Morgan fingerprint density at radius 3 is 2.23 bits per heavy atom. The molecular weight excluding hydrogens is 174 g/mol.